The number of hydrogen-bond acceptors (Lipinski definition) is 6. The molecule has 11 heteroatoms. The first-order chi connectivity index (χ1) is 12.9. The van der Waals surface area contributed by atoms with Gasteiger partial charge >= 0.3 is 6.09 Å². The van der Waals surface area contributed by atoms with Crippen molar-refractivity contribution in [3.05, 3.63) is 0 Å². The summed E-state index contributed by atoms with van der Waals surface area (Å²) in [6, 6.07) is -0.290. The van der Waals surface area contributed by atoms with Gasteiger partial charge in [0.05, 0.1) is 16.9 Å². The van der Waals surface area contributed by atoms with E-state index in [4.69, 9.17) is 9.47 Å². The number of amides is 1. The van der Waals surface area contributed by atoms with Gasteiger partial charge in [0.25, 0.3) is 0 Å². The van der Waals surface area contributed by atoms with Gasteiger partial charge in [0.2, 0.25) is 0 Å². The molecule has 2 unspecified atom stereocenters. The van der Waals surface area contributed by atoms with Gasteiger partial charge in [-0.15, -0.1) is 24.0 Å². The van der Waals surface area contributed by atoms with Gasteiger partial charge in [0.15, 0.2) is 15.8 Å². The molecule has 0 aromatic rings. The standard InChI is InChI=1S/C19H38N4O5S.HI/c1-13-14(23(19(7,8)27-13)16(24)28-17(2,3)4)11-21-15(20-9)22-12-18(5,6)29(10,25)26;/h13-14H,11-12H2,1-10H3,(H2,20,21,22);1H. The van der Waals surface area contributed by atoms with Crippen LogP contribution in [0.1, 0.15) is 55.4 Å². The number of aliphatic imine (C=N–C) groups is 1. The van der Waals surface area contributed by atoms with Crippen LogP contribution in [0.2, 0.25) is 0 Å². The van der Waals surface area contributed by atoms with Crippen molar-refractivity contribution in [3.8, 4) is 0 Å². The summed E-state index contributed by atoms with van der Waals surface area (Å²) in [4.78, 5) is 18.5. The van der Waals surface area contributed by atoms with E-state index < -0.39 is 32.0 Å². The number of nitrogens with zero attached hydrogens (tertiary/aromatic N) is 2. The second-order valence-electron chi connectivity index (χ2n) is 9.53. The Labute approximate surface area is 198 Å². The fraction of sp³-hybridized carbons (Fsp3) is 0.895. The van der Waals surface area contributed by atoms with Gasteiger partial charge in [-0.2, -0.15) is 0 Å². The van der Waals surface area contributed by atoms with Crippen molar-refractivity contribution in [2.75, 3.05) is 26.4 Å². The molecule has 1 heterocycles. The van der Waals surface area contributed by atoms with Gasteiger partial charge in [-0.1, -0.05) is 0 Å². The Morgan fingerprint density at radius 2 is 1.73 bits per heavy atom. The number of rotatable bonds is 5. The molecule has 2 atom stereocenters. The van der Waals surface area contributed by atoms with Crippen LogP contribution in [-0.2, 0) is 19.3 Å². The summed E-state index contributed by atoms with van der Waals surface area (Å²) in [5.74, 6) is 0.447. The Morgan fingerprint density at radius 3 is 2.17 bits per heavy atom. The molecule has 1 amide bonds. The molecular formula is C19H39IN4O5S. The number of guanidine groups is 1. The summed E-state index contributed by atoms with van der Waals surface area (Å²) in [5.41, 5.74) is -1.44. The zero-order valence-electron chi connectivity index (χ0n) is 19.8. The van der Waals surface area contributed by atoms with Crippen molar-refractivity contribution in [2.24, 2.45) is 4.99 Å². The Balaban J connectivity index is 0.00000841. The molecule has 1 rings (SSSR count). The molecule has 1 aliphatic heterocycles. The number of hydrogen-bond donors (Lipinski definition) is 2. The van der Waals surface area contributed by atoms with Crippen LogP contribution < -0.4 is 10.6 Å². The Hall–Kier alpha value is -0.820. The molecule has 9 nitrogen and oxygen atoms in total. The van der Waals surface area contributed by atoms with Crippen molar-refractivity contribution >= 4 is 45.9 Å². The summed E-state index contributed by atoms with van der Waals surface area (Å²) in [5, 5.41) is 6.21. The van der Waals surface area contributed by atoms with Crippen LogP contribution in [0.3, 0.4) is 0 Å². The third-order valence-electron chi connectivity index (χ3n) is 4.91. The monoisotopic (exact) mass is 562 g/mol. The molecule has 178 valence electrons. The molecule has 0 saturated carbocycles. The van der Waals surface area contributed by atoms with Crippen molar-refractivity contribution in [2.45, 2.75) is 83.6 Å². The van der Waals surface area contributed by atoms with Crippen LogP contribution in [0, 0.1) is 0 Å². The molecule has 0 aromatic heterocycles. The van der Waals surface area contributed by atoms with E-state index in [2.05, 4.69) is 15.6 Å². The SMILES string of the molecule is CN=C(NCC1C(C)OC(C)(C)N1C(=O)OC(C)(C)C)NCC(C)(C)S(C)(=O)=O.I. The fourth-order valence-corrected chi connectivity index (χ4v) is 3.31. The second kappa shape index (κ2) is 10.2. The first-order valence-electron chi connectivity index (χ1n) is 9.75. The maximum atomic E-state index is 12.8. The number of carbonyl (C=O) groups excluding carboxylic acids is 1. The Bertz CT molecular complexity index is 732. The van der Waals surface area contributed by atoms with Gasteiger partial charge in [-0.05, 0) is 55.4 Å². The van der Waals surface area contributed by atoms with Crippen molar-refractivity contribution < 1.29 is 22.7 Å². The van der Waals surface area contributed by atoms with Gasteiger partial charge in [-0.3, -0.25) is 9.89 Å². The van der Waals surface area contributed by atoms with Gasteiger partial charge in [-0.25, -0.2) is 13.2 Å². The summed E-state index contributed by atoms with van der Waals surface area (Å²) < 4.78 is 34.4. The number of nitrogens with one attached hydrogen (secondary N) is 2. The van der Waals surface area contributed by atoms with E-state index in [0.717, 1.165) is 0 Å². The van der Waals surface area contributed by atoms with Gasteiger partial charge in [0, 0.05) is 26.4 Å². The molecule has 1 saturated heterocycles. The van der Waals surface area contributed by atoms with Crippen molar-refractivity contribution in [1.82, 2.24) is 15.5 Å². The lowest BCUT2D eigenvalue weighted by atomic mass is 10.1. The predicted molar refractivity (Wildman–Crippen MR) is 130 cm³/mol. The van der Waals surface area contributed by atoms with E-state index in [1.54, 1.807) is 25.8 Å². The minimum absolute atomic E-state index is 0. The van der Waals surface area contributed by atoms with Crippen LogP contribution in [0.5, 0.6) is 0 Å². The van der Waals surface area contributed by atoms with E-state index in [1.165, 1.54) is 6.26 Å². The average Bonchev–Trinajstić information content (AvgIpc) is 2.73. The summed E-state index contributed by atoms with van der Waals surface area (Å²) in [7, 11) is -1.63. The summed E-state index contributed by atoms with van der Waals surface area (Å²) in [6.45, 7) is 14.9. The molecule has 0 bridgehead atoms. The zero-order valence-corrected chi connectivity index (χ0v) is 23.0. The first-order valence-corrected chi connectivity index (χ1v) is 11.6. The van der Waals surface area contributed by atoms with Crippen LogP contribution in [0.15, 0.2) is 4.99 Å². The fourth-order valence-electron chi connectivity index (χ4n) is 2.97. The van der Waals surface area contributed by atoms with Crippen LogP contribution >= 0.6 is 24.0 Å². The van der Waals surface area contributed by atoms with E-state index >= 15 is 0 Å². The quantitative estimate of drug-likeness (QED) is 0.301. The van der Waals surface area contributed by atoms with Crippen molar-refractivity contribution in [3.63, 3.8) is 0 Å². The van der Waals surface area contributed by atoms with Crippen LogP contribution in [0.25, 0.3) is 0 Å². The highest BCUT2D eigenvalue weighted by Crippen LogP contribution is 2.33. The first kappa shape index (κ1) is 29.2. The molecule has 1 aliphatic rings. The Kier molecular flexibility index (Phi) is 9.92. The highest BCUT2D eigenvalue weighted by molar-refractivity contribution is 14.0. The van der Waals surface area contributed by atoms with E-state index in [1.807, 2.05) is 41.5 Å². The highest BCUT2D eigenvalue weighted by Gasteiger charge is 2.49. The minimum Gasteiger partial charge on any atom is -0.444 e. The highest BCUT2D eigenvalue weighted by atomic mass is 127. The van der Waals surface area contributed by atoms with E-state index in [9.17, 15) is 13.2 Å². The predicted octanol–water partition coefficient (Wildman–Crippen LogP) is 2.35. The summed E-state index contributed by atoms with van der Waals surface area (Å²) in [6.07, 6.45) is 0.541. The lowest BCUT2D eigenvalue weighted by Gasteiger charge is -2.35. The third-order valence-corrected chi connectivity index (χ3v) is 7.06. The minimum atomic E-state index is -3.23. The number of halogens is 1. The smallest absolute Gasteiger partial charge is 0.412 e. The van der Waals surface area contributed by atoms with E-state index in [0.29, 0.717) is 12.5 Å². The number of sulfone groups is 1. The molecule has 0 radical (unpaired) electrons. The maximum Gasteiger partial charge on any atom is 0.412 e. The normalized spacial score (nSPS) is 22.3. The topological polar surface area (TPSA) is 109 Å². The molecule has 0 aromatic carbocycles. The molecule has 0 spiro atoms. The molecule has 1 fully saturated rings. The molecule has 0 aliphatic carbocycles. The average molecular weight is 563 g/mol. The lowest BCUT2D eigenvalue weighted by Crippen LogP contribution is -2.55. The summed E-state index contributed by atoms with van der Waals surface area (Å²) >= 11 is 0. The largest absolute Gasteiger partial charge is 0.444 e. The van der Waals surface area contributed by atoms with E-state index in [-0.39, 0.29) is 42.7 Å². The van der Waals surface area contributed by atoms with Gasteiger partial charge < -0.3 is 20.1 Å². The van der Waals surface area contributed by atoms with Crippen LogP contribution in [0.4, 0.5) is 4.79 Å². The van der Waals surface area contributed by atoms with Crippen LogP contribution in [-0.4, -0.2) is 80.0 Å². The number of carbonyl (C=O) groups is 1. The molecule has 30 heavy (non-hydrogen) atoms. The maximum absolute atomic E-state index is 12.8. The third kappa shape index (κ3) is 7.70. The second-order valence-corrected chi connectivity index (χ2v) is 12.2. The zero-order chi connectivity index (χ0) is 22.8. The Morgan fingerprint density at radius 1 is 1.20 bits per heavy atom. The molecular weight excluding hydrogens is 523 g/mol. The van der Waals surface area contributed by atoms with Gasteiger partial charge in [0.1, 0.15) is 11.3 Å². The van der Waals surface area contributed by atoms with Crippen molar-refractivity contribution in [1.29, 1.82) is 0 Å². The lowest BCUT2D eigenvalue weighted by molar-refractivity contribution is -0.0755. The molecule has 2 N–H and O–H groups in total. The number of ether oxygens (including phenoxy) is 2.